The second-order valence-corrected chi connectivity index (χ2v) is 8.66. The standard InChI is InChI=1S/C23H25N7O/c31-23-2-1-10-29(23)17-5-3-16(4-6-17)26-21-13-15-12-19(24-14-20(15)27-21)18-8-11-30-22(28-18)7-9-25-30/h7-9,11-13,16-17,24H,1-6,10,14H2. The SMILES string of the molecule is O=C1CCCN1C1CCC(N=C2C=C3C=C(c4ccn5nccc5n4)NCC3=N2)CC1. The zero-order chi connectivity index (χ0) is 20.8. The number of rotatable bonds is 3. The van der Waals surface area contributed by atoms with Crippen molar-refractivity contribution in [3.63, 3.8) is 0 Å². The molecule has 8 heteroatoms. The Kier molecular flexibility index (Phi) is 4.44. The molecule has 2 aromatic heterocycles. The van der Waals surface area contributed by atoms with E-state index in [1.165, 1.54) is 0 Å². The minimum Gasteiger partial charge on any atom is -0.378 e. The first-order valence-electron chi connectivity index (χ1n) is 11.2. The Balaban J connectivity index is 1.16. The third kappa shape index (κ3) is 3.45. The van der Waals surface area contributed by atoms with Gasteiger partial charge in [-0.25, -0.2) is 14.5 Å². The number of hydrogen-bond donors (Lipinski definition) is 1. The topological polar surface area (TPSA) is 87.2 Å². The number of aromatic nitrogens is 3. The molecule has 8 nitrogen and oxygen atoms in total. The van der Waals surface area contributed by atoms with E-state index in [0.717, 1.165) is 79.2 Å². The maximum absolute atomic E-state index is 12.0. The number of amides is 1. The van der Waals surface area contributed by atoms with Crippen LogP contribution < -0.4 is 5.32 Å². The molecular formula is C23H25N7O. The van der Waals surface area contributed by atoms with Crippen molar-refractivity contribution in [3.05, 3.63) is 47.9 Å². The fraction of sp³-hybridized carbons (Fsp3) is 0.435. The summed E-state index contributed by atoms with van der Waals surface area (Å²) in [5, 5.41) is 7.64. The molecular weight excluding hydrogens is 390 g/mol. The first kappa shape index (κ1) is 18.5. The van der Waals surface area contributed by atoms with Gasteiger partial charge in [0.05, 0.1) is 35.9 Å². The van der Waals surface area contributed by atoms with Crippen LogP contribution in [0.15, 0.2) is 52.2 Å². The first-order chi connectivity index (χ1) is 15.2. The Morgan fingerprint density at radius 3 is 2.87 bits per heavy atom. The Labute approximate surface area is 180 Å². The fourth-order valence-corrected chi connectivity index (χ4v) is 5.04. The van der Waals surface area contributed by atoms with Crippen LogP contribution in [-0.2, 0) is 4.79 Å². The number of nitrogens with one attached hydrogen (secondary N) is 1. The van der Waals surface area contributed by atoms with Gasteiger partial charge in [-0.2, -0.15) is 5.10 Å². The average Bonchev–Trinajstić information content (AvgIpc) is 3.52. The van der Waals surface area contributed by atoms with Crippen LogP contribution in [-0.4, -0.2) is 62.1 Å². The number of carbonyl (C=O) groups excluding carboxylic acids is 1. The lowest BCUT2D eigenvalue weighted by atomic mass is 9.90. The van der Waals surface area contributed by atoms with Gasteiger partial charge in [0, 0.05) is 36.8 Å². The van der Waals surface area contributed by atoms with Crippen LogP contribution in [0.5, 0.6) is 0 Å². The number of carbonyl (C=O) groups is 1. The molecule has 1 aliphatic carbocycles. The quantitative estimate of drug-likeness (QED) is 0.834. The van der Waals surface area contributed by atoms with Crippen LogP contribution in [0.2, 0.25) is 0 Å². The normalized spacial score (nSPS) is 27.2. The van der Waals surface area contributed by atoms with Crippen LogP contribution in [0.4, 0.5) is 0 Å². The van der Waals surface area contributed by atoms with Crippen molar-refractivity contribution in [1.29, 1.82) is 0 Å². The van der Waals surface area contributed by atoms with Crippen LogP contribution in [0.1, 0.15) is 44.2 Å². The molecule has 0 radical (unpaired) electrons. The number of nitrogens with zero attached hydrogens (tertiary/aromatic N) is 6. The van der Waals surface area contributed by atoms with Gasteiger partial charge in [-0.3, -0.25) is 9.79 Å². The molecule has 31 heavy (non-hydrogen) atoms. The van der Waals surface area contributed by atoms with E-state index >= 15 is 0 Å². The third-order valence-electron chi connectivity index (χ3n) is 6.68. The Morgan fingerprint density at radius 1 is 1.13 bits per heavy atom. The van der Waals surface area contributed by atoms with E-state index < -0.39 is 0 Å². The molecule has 1 N–H and O–H groups in total. The highest BCUT2D eigenvalue weighted by atomic mass is 16.2. The van der Waals surface area contributed by atoms with E-state index in [-0.39, 0.29) is 0 Å². The zero-order valence-electron chi connectivity index (χ0n) is 17.4. The minimum absolute atomic E-state index is 0.299. The average molecular weight is 416 g/mol. The predicted molar refractivity (Wildman–Crippen MR) is 119 cm³/mol. The van der Waals surface area contributed by atoms with E-state index in [9.17, 15) is 4.79 Å². The van der Waals surface area contributed by atoms with E-state index in [4.69, 9.17) is 9.98 Å². The number of allylic oxidation sites excluding steroid dienone is 1. The molecule has 1 amide bonds. The summed E-state index contributed by atoms with van der Waals surface area (Å²) in [6.07, 6.45) is 13.8. The summed E-state index contributed by atoms with van der Waals surface area (Å²) in [4.78, 5) is 28.5. The maximum atomic E-state index is 12.0. The molecule has 3 aliphatic heterocycles. The highest BCUT2D eigenvalue weighted by Gasteiger charge is 2.31. The lowest BCUT2D eigenvalue weighted by Crippen LogP contribution is -2.39. The molecule has 0 atom stereocenters. The number of fused-ring (bicyclic) bond motifs is 2. The lowest BCUT2D eigenvalue weighted by molar-refractivity contribution is -0.130. The fourth-order valence-electron chi connectivity index (χ4n) is 5.04. The summed E-state index contributed by atoms with van der Waals surface area (Å²) >= 11 is 0. The first-order valence-corrected chi connectivity index (χ1v) is 11.2. The molecule has 1 saturated carbocycles. The van der Waals surface area contributed by atoms with Crippen LogP contribution in [0.3, 0.4) is 0 Å². The molecule has 158 valence electrons. The van der Waals surface area contributed by atoms with Crippen LogP contribution >= 0.6 is 0 Å². The van der Waals surface area contributed by atoms with Crippen molar-refractivity contribution >= 4 is 28.8 Å². The molecule has 5 heterocycles. The van der Waals surface area contributed by atoms with Crippen LogP contribution in [0, 0.1) is 0 Å². The van der Waals surface area contributed by atoms with Gasteiger partial charge < -0.3 is 10.2 Å². The number of hydrogen-bond acceptors (Lipinski definition) is 5. The summed E-state index contributed by atoms with van der Waals surface area (Å²) in [5.74, 6) is 1.16. The van der Waals surface area contributed by atoms with E-state index in [1.54, 1.807) is 10.7 Å². The monoisotopic (exact) mass is 415 g/mol. The van der Waals surface area contributed by atoms with Gasteiger partial charge in [-0.15, -0.1) is 0 Å². The van der Waals surface area contributed by atoms with E-state index in [1.807, 2.05) is 18.3 Å². The largest absolute Gasteiger partial charge is 0.378 e. The molecule has 0 bridgehead atoms. The highest BCUT2D eigenvalue weighted by molar-refractivity contribution is 6.22. The van der Waals surface area contributed by atoms with Crippen LogP contribution in [0.25, 0.3) is 11.3 Å². The van der Waals surface area contributed by atoms with Crippen molar-refractivity contribution in [3.8, 4) is 0 Å². The summed E-state index contributed by atoms with van der Waals surface area (Å²) in [6, 6.07) is 4.58. The number of aliphatic imine (C=N–C) groups is 2. The van der Waals surface area contributed by atoms with E-state index in [0.29, 0.717) is 24.5 Å². The smallest absolute Gasteiger partial charge is 0.222 e. The lowest BCUT2D eigenvalue weighted by Gasteiger charge is -2.33. The van der Waals surface area contributed by atoms with Crippen molar-refractivity contribution in [2.45, 2.75) is 50.6 Å². The molecule has 2 fully saturated rings. The summed E-state index contributed by atoms with van der Waals surface area (Å²) < 4.78 is 1.76. The maximum Gasteiger partial charge on any atom is 0.222 e. The molecule has 0 aromatic carbocycles. The van der Waals surface area contributed by atoms with Gasteiger partial charge in [0.25, 0.3) is 0 Å². The van der Waals surface area contributed by atoms with Gasteiger partial charge in [-0.1, -0.05) is 0 Å². The van der Waals surface area contributed by atoms with Gasteiger partial charge in [0.1, 0.15) is 5.84 Å². The Hall–Kier alpha value is -3.29. The minimum atomic E-state index is 0.299. The van der Waals surface area contributed by atoms with Crippen molar-refractivity contribution in [2.24, 2.45) is 9.98 Å². The third-order valence-corrected chi connectivity index (χ3v) is 6.68. The molecule has 4 aliphatic rings. The second-order valence-electron chi connectivity index (χ2n) is 8.66. The Morgan fingerprint density at radius 2 is 2.03 bits per heavy atom. The highest BCUT2D eigenvalue weighted by Crippen LogP contribution is 2.29. The summed E-state index contributed by atoms with van der Waals surface area (Å²) in [7, 11) is 0. The number of amidine groups is 1. The van der Waals surface area contributed by atoms with Gasteiger partial charge in [0.15, 0.2) is 5.65 Å². The number of likely N-dealkylation sites (tertiary alicyclic amines) is 1. The zero-order valence-corrected chi connectivity index (χ0v) is 17.4. The molecule has 0 spiro atoms. The molecule has 6 rings (SSSR count). The van der Waals surface area contributed by atoms with E-state index in [2.05, 4.69) is 32.5 Å². The van der Waals surface area contributed by atoms with Crippen molar-refractivity contribution in [1.82, 2.24) is 24.8 Å². The predicted octanol–water partition coefficient (Wildman–Crippen LogP) is 2.39. The van der Waals surface area contributed by atoms with Gasteiger partial charge in [0.2, 0.25) is 5.91 Å². The summed E-state index contributed by atoms with van der Waals surface area (Å²) in [5.41, 5.74) is 4.86. The molecule has 1 saturated heterocycles. The molecule has 0 unspecified atom stereocenters. The van der Waals surface area contributed by atoms with Gasteiger partial charge in [-0.05, 0) is 50.3 Å². The van der Waals surface area contributed by atoms with Crippen molar-refractivity contribution < 1.29 is 4.79 Å². The molecule has 2 aromatic rings. The second kappa shape index (κ2) is 7.44. The Bertz CT molecular complexity index is 1160. The summed E-state index contributed by atoms with van der Waals surface area (Å²) in [6.45, 7) is 1.61. The van der Waals surface area contributed by atoms with Gasteiger partial charge >= 0.3 is 0 Å². The van der Waals surface area contributed by atoms with Crippen molar-refractivity contribution in [2.75, 3.05) is 13.1 Å².